The number of furan rings is 2. The van der Waals surface area contributed by atoms with E-state index in [0.717, 1.165) is 111 Å². The fourth-order valence-electron chi connectivity index (χ4n) is 13.0. The molecule has 374 valence electrons. The zero-order valence-corrected chi connectivity index (χ0v) is 44.2. The molecule has 2 aromatic heterocycles. The Morgan fingerprint density at radius 2 is 0.949 bits per heavy atom. The molecule has 0 aliphatic heterocycles. The largest absolute Gasteiger partial charge is 0.456 e. The Balaban J connectivity index is 0.904. The molecular weight excluding hydrogens is 959 g/mol. The van der Waals surface area contributed by atoms with E-state index in [2.05, 4.69) is 250 Å². The van der Waals surface area contributed by atoms with E-state index in [4.69, 9.17) is 8.83 Å². The molecule has 0 saturated heterocycles. The van der Waals surface area contributed by atoms with Gasteiger partial charge >= 0.3 is 0 Å². The van der Waals surface area contributed by atoms with Crippen LogP contribution in [0.4, 0.5) is 17.1 Å². The molecule has 0 fully saturated rings. The van der Waals surface area contributed by atoms with E-state index in [1.165, 1.54) is 50.1 Å². The summed E-state index contributed by atoms with van der Waals surface area (Å²) >= 11 is 0. The highest BCUT2D eigenvalue weighted by Crippen LogP contribution is 2.55. The molecule has 0 spiro atoms. The molecule has 0 radical (unpaired) electrons. The lowest BCUT2D eigenvalue weighted by atomic mass is 9.78. The number of allylic oxidation sites excluding steroid dienone is 5. The van der Waals surface area contributed by atoms with Gasteiger partial charge in [-0.1, -0.05) is 221 Å². The van der Waals surface area contributed by atoms with Crippen molar-refractivity contribution in [1.29, 1.82) is 0 Å². The second-order valence-corrected chi connectivity index (χ2v) is 21.5. The van der Waals surface area contributed by atoms with E-state index in [1.807, 2.05) is 37.3 Å². The second-order valence-electron chi connectivity index (χ2n) is 21.5. The molecule has 0 bridgehead atoms. The van der Waals surface area contributed by atoms with Gasteiger partial charge in [0.25, 0.3) is 0 Å². The number of fused-ring (bicyclic) bond motifs is 18. The zero-order chi connectivity index (χ0) is 52.9. The van der Waals surface area contributed by atoms with Gasteiger partial charge < -0.3 is 13.7 Å². The molecule has 3 nitrogen and oxygen atoms in total. The van der Waals surface area contributed by atoms with Crippen molar-refractivity contribution < 1.29 is 8.83 Å². The molecule has 0 N–H and O–H groups in total. The van der Waals surface area contributed by atoms with Crippen molar-refractivity contribution >= 4 is 66.5 Å². The molecule has 0 atom stereocenters. The molecule has 79 heavy (non-hydrogen) atoms. The summed E-state index contributed by atoms with van der Waals surface area (Å²) in [4.78, 5) is 2.41. The van der Waals surface area contributed by atoms with Crippen LogP contribution in [0.2, 0.25) is 0 Å². The third-order valence-electron chi connectivity index (χ3n) is 16.8. The van der Waals surface area contributed by atoms with Gasteiger partial charge in [-0.2, -0.15) is 0 Å². The predicted molar refractivity (Wildman–Crippen MR) is 332 cm³/mol. The smallest absolute Gasteiger partial charge is 0.143 e. The Hall–Kier alpha value is -9.96. The van der Waals surface area contributed by atoms with Crippen LogP contribution in [0, 0.1) is 0 Å². The Kier molecular flexibility index (Phi) is 10.6. The monoisotopic (exact) mass is 1010 g/mol. The number of hydrogen-bond acceptors (Lipinski definition) is 3. The summed E-state index contributed by atoms with van der Waals surface area (Å²) < 4.78 is 13.6. The van der Waals surface area contributed by atoms with Crippen LogP contribution in [0.3, 0.4) is 0 Å². The molecular formula is C76H53NO2. The van der Waals surface area contributed by atoms with Crippen molar-refractivity contribution in [3.63, 3.8) is 0 Å². The van der Waals surface area contributed by atoms with Gasteiger partial charge in [0.2, 0.25) is 0 Å². The Morgan fingerprint density at radius 3 is 1.72 bits per heavy atom. The summed E-state index contributed by atoms with van der Waals surface area (Å²) in [5.41, 5.74) is 27.5. The van der Waals surface area contributed by atoms with Crippen molar-refractivity contribution in [3.8, 4) is 77.9 Å². The van der Waals surface area contributed by atoms with Crippen LogP contribution in [0.1, 0.15) is 37.5 Å². The van der Waals surface area contributed by atoms with Gasteiger partial charge in [0, 0.05) is 55.1 Å². The van der Waals surface area contributed by atoms with Gasteiger partial charge in [-0.3, -0.25) is 0 Å². The summed E-state index contributed by atoms with van der Waals surface area (Å²) in [6.07, 6.45) is 8.14. The van der Waals surface area contributed by atoms with Crippen molar-refractivity contribution in [2.75, 3.05) is 4.90 Å². The van der Waals surface area contributed by atoms with Gasteiger partial charge in [0.1, 0.15) is 22.3 Å². The minimum absolute atomic E-state index is 0.166. The number of nitrogens with zero attached hydrogens (tertiary/aromatic N) is 1. The average Bonchev–Trinajstić information content (AvgIpc) is 4.37. The highest BCUT2D eigenvalue weighted by Gasteiger charge is 2.36. The average molecular weight is 1010 g/mol. The highest BCUT2D eigenvalue weighted by molar-refractivity contribution is 6.19. The van der Waals surface area contributed by atoms with E-state index in [1.54, 1.807) is 0 Å². The molecule has 0 saturated carbocycles. The highest BCUT2D eigenvalue weighted by atomic mass is 16.3. The van der Waals surface area contributed by atoms with Gasteiger partial charge in [-0.25, -0.2) is 0 Å². The summed E-state index contributed by atoms with van der Waals surface area (Å²) in [5.74, 6) is 0. The summed E-state index contributed by atoms with van der Waals surface area (Å²) in [5, 5.41) is 4.40. The molecule has 3 heteroatoms. The van der Waals surface area contributed by atoms with E-state index in [9.17, 15) is 0 Å². The van der Waals surface area contributed by atoms with Crippen LogP contribution >= 0.6 is 0 Å². The number of para-hydroxylation sites is 2. The molecule has 2 aliphatic rings. The molecule has 0 amide bonds. The van der Waals surface area contributed by atoms with Crippen LogP contribution in [0.25, 0.3) is 127 Å². The lowest BCUT2D eigenvalue weighted by Gasteiger charge is -2.28. The number of benzene rings is 11. The number of hydrogen-bond donors (Lipinski definition) is 0. The fourth-order valence-corrected chi connectivity index (χ4v) is 13.0. The molecule has 2 aliphatic carbocycles. The van der Waals surface area contributed by atoms with Crippen LogP contribution in [0.15, 0.2) is 270 Å². The van der Waals surface area contributed by atoms with Gasteiger partial charge in [-0.15, -0.1) is 0 Å². The standard InChI is InChI=1S/C76H53NO2/c1-5-6-7-19-47(2)53-26-16-29-63-64-45-44-62-58-22-9-8-20-56(58)57-21-10-11-24-61(57)71-54(27-17-30-66(71)73(62)75(64)79-74(53)63)48-34-38-50(39-35-48)77(52-42-43-60-59-23-12-14-31-67(59)76(3,4)68(60)46-52)51-40-36-49(37-41-51)55-28-18-33-70-72(55)65-25-13-15-32-69(65)78-70/h5-46H,2H2,1,3-4H3/b6-5-,19-7-,57-56?,62-58?,71-61?,73-66?. The first-order chi connectivity index (χ1) is 38.8. The van der Waals surface area contributed by atoms with E-state index in [0.29, 0.717) is 0 Å². The zero-order valence-electron chi connectivity index (χ0n) is 44.2. The first-order valence-corrected chi connectivity index (χ1v) is 27.3. The van der Waals surface area contributed by atoms with Gasteiger partial charge in [0.05, 0.1) is 0 Å². The summed E-state index contributed by atoms with van der Waals surface area (Å²) in [6, 6.07) is 84.3. The van der Waals surface area contributed by atoms with Crippen molar-refractivity contribution in [2.24, 2.45) is 0 Å². The maximum absolute atomic E-state index is 7.24. The van der Waals surface area contributed by atoms with Crippen molar-refractivity contribution in [2.45, 2.75) is 26.2 Å². The lowest BCUT2D eigenvalue weighted by molar-refractivity contribution is 0.660. The van der Waals surface area contributed by atoms with Crippen molar-refractivity contribution in [1.82, 2.24) is 0 Å². The summed E-state index contributed by atoms with van der Waals surface area (Å²) in [6.45, 7) is 11.2. The van der Waals surface area contributed by atoms with E-state index >= 15 is 0 Å². The third-order valence-corrected chi connectivity index (χ3v) is 16.8. The quantitative estimate of drug-likeness (QED) is 0.142. The van der Waals surface area contributed by atoms with E-state index in [-0.39, 0.29) is 5.41 Å². The first-order valence-electron chi connectivity index (χ1n) is 27.3. The predicted octanol–water partition coefficient (Wildman–Crippen LogP) is 21.7. The van der Waals surface area contributed by atoms with Crippen LogP contribution in [-0.2, 0) is 5.41 Å². The molecule has 15 rings (SSSR count). The molecule has 13 aromatic rings. The number of rotatable bonds is 8. The van der Waals surface area contributed by atoms with Gasteiger partial charge in [0.15, 0.2) is 0 Å². The van der Waals surface area contributed by atoms with Crippen LogP contribution in [0.5, 0.6) is 0 Å². The minimum Gasteiger partial charge on any atom is -0.456 e. The van der Waals surface area contributed by atoms with Crippen molar-refractivity contribution in [3.05, 3.63) is 278 Å². The van der Waals surface area contributed by atoms with Gasteiger partial charge in [-0.05, 0) is 151 Å². The molecule has 0 unspecified atom stereocenters. The Bertz CT molecular complexity index is 4710. The summed E-state index contributed by atoms with van der Waals surface area (Å²) in [7, 11) is 0. The Labute approximate surface area is 460 Å². The lowest BCUT2D eigenvalue weighted by Crippen LogP contribution is -2.16. The molecule has 2 heterocycles. The second kappa shape index (κ2) is 18.1. The van der Waals surface area contributed by atoms with Crippen LogP contribution in [-0.4, -0.2) is 0 Å². The van der Waals surface area contributed by atoms with E-state index < -0.39 is 0 Å². The third kappa shape index (κ3) is 7.20. The first kappa shape index (κ1) is 46.4. The minimum atomic E-state index is -0.166. The molecule has 11 aromatic carbocycles. The SMILES string of the molecule is C=C(/C=C\C=C/C)c1cccc2c1oc1c3c(ccc12)-c1ccccc1-c1ccccc1-c1c(-c2ccc(N(c4ccc(-c5cccc6oc7ccccc7c56)cc4)c4ccc5c(c4)C(C)(C)c4ccccc4-5)cc2)cccc1-3. The number of anilines is 3. The maximum Gasteiger partial charge on any atom is 0.143 e. The normalized spacial score (nSPS) is 13.1. The topological polar surface area (TPSA) is 29.5 Å². The Morgan fingerprint density at radius 1 is 0.405 bits per heavy atom. The van der Waals surface area contributed by atoms with Crippen LogP contribution < -0.4 is 4.90 Å². The maximum atomic E-state index is 7.24. The fraction of sp³-hybridized carbons (Fsp3) is 0.0526.